The zero-order valence-electron chi connectivity index (χ0n) is 16.0. The van der Waals surface area contributed by atoms with Gasteiger partial charge in [0.05, 0.1) is 18.7 Å². The lowest BCUT2D eigenvalue weighted by atomic mass is 10.1. The molecule has 146 valence electrons. The van der Waals surface area contributed by atoms with Crippen LogP contribution in [0.4, 0.5) is 11.8 Å². The van der Waals surface area contributed by atoms with Crippen molar-refractivity contribution in [3.8, 4) is 5.75 Å². The van der Waals surface area contributed by atoms with Crippen molar-refractivity contribution in [2.24, 2.45) is 0 Å². The standard InChI is InChI=1S/C22H26N4O2/c27-16-17-7-6-8-18(15-17)28-14-11-23-21-19-9-2-3-10-20(19)24-22(25-21)26-12-4-1-5-13-26/h2-3,6-10,15,27H,1,4-5,11-14,16H2,(H,23,24,25). The molecule has 2 heterocycles. The van der Waals surface area contributed by atoms with E-state index >= 15 is 0 Å². The molecule has 0 saturated carbocycles. The van der Waals surface area contributed by atoms with Crippen LogP contribution in [0.25, 0.3) is 10.9 Å². The Morgan fingerprint density at radius 2 is 1.86 bits per heavy atom. The molecular weight excluding hydrogens is 352 g/mol. The molecule has 1 aliphatic rings. The number of aromatic nitrogens is 2. The first-order valence-electron chi connectivity index (χ1n) is 9.92. The van der Waals surface area contributed by atoms with Crippen LogP contribution in [0.15, 0.2) is 48.5 Å². The summed E-state index contributed by atoms with van der Waals surface area (Å²) in [6.45, 7) is 3.18. The average molecular weight is 378 g/mol. The Kier molecular flexibility index (Phi) is 5.87. The van der Waals surface area contributed by atoms with Crippen molar-refractivity contribution in [2.75, 3.05) is 36.5 Å². The first kappa shape index (κ1) is 18.5. The number of rotatable bonds is 7. The smallest absolute Gasteiger partial charge is 0.227 e. The number of hydrogen-bond acceptors (Lipinski definition) is 6. The Morgan fingerprint density at radius 3 is 2.71 bits per heavy atom. The first-order chi connectivity index (χ1) is 13.8. The number of piperidine rings is 1. The average Bonchev–Trinajstić information content (AvgIpc) is 2.77. The third-order valence-corrected chi connectivity index (χ3v) is 4.97. The van der Waals surface area contributed by atoms with Gasteiger partial charge in [-0.2, -0.15) is 4.98 Å². The molecule has 3 aromatic rings. The number of aliphatic hydroxyl groups is 1. The lowest BCUT2D eigenvalue weighted by molar-refractivity contribution is 0.280. The lowest BCUT2D eigenvalue weighted by Gasteiger charge is -2.27. The molecule has 0 atom stereocenters. The van der Waals surface area contributed by atoms with E-state index in [4.69, 9.17) is 14.7 Å². The van der Waals surface area contributed by atoms with Crippen molar-refractivity contribution in [2.45, 2.75) is 25.9 Å². The maximum absolute atomic E-state index is 9.23. The van der Waals surface area contributed by atoms with E-state index in [2.05, 4.69) is 10.2 Å². The van der Waals surface area contributed by atoms with Crippen LogP contribution in [-0.4, -0.2) is 41.3 Å². The minimum Gasteiger partial charge on any atom is -0.492 e. The molecule has 6 heteroatoms. The quantitative estimate of drug-likeness (QED) is 0.612. The van der Waals surface area contributed by atoms with Gasteiger partial charge < -0.3 is 20.1 Å². The maximum atomic E-state index is 9.23. The van der Waals surface area contributed by atoms with E-state index in [-0.39, 0.29) is 6.61 Å². The Bertz CT molecular complexity index is 925. The summed E-state index contributed by atoms with van der Waals surface area (Å²) >= 11 is 0. The van der Waals surface area contributed by atoms with Crippen LogP contribution in [0.5, 0.6) is 5.75 Å². The van der Waals surface area contributed by atoms with E-state index in [9.17, 15) is 5.11 Å². The Labute approximate surface area is 165 Å². The van der Waals surface area contributed by atoms with Gasteiger partial charge >= 0.3 is 0 Å². The minimum absolute atomic E-state index is 0.0155. The third-order valence-electron chi connectivity index (χ3n) is 4.97. The van der Waals surface area contributed by atoms with Gasteiger partial charge in [-0.15, -0.1) is 0 Å². The number of hydrogen-bond donors (Lipinski definition) is 2. The fraction of sp³-hybridized carbons (Fsp3) is 0.364. The van der Waals surface area contributed by atoms with Gasteiger partial charge in [0.15, 0.2) is 0 Å². The summed E-state index contributed by atoms with van der Waals surface area (Å²) in [6, 6.07) is 15.6. The highest BCUT2D eigenvalue weighted by atomic mass is 16.5. The highest BCUT2D eigenvalue weighted by molar-refractivity contribution is 5.90. The molecule has 4 rings (SSSR count). The molecule has 28 heavy (non-hydrogen) atoms. The number of para-hydroxylation sites is 1. The van der Waals surface area contributed by atoms with Crippen LogP contribution >= 0.6 is 0 Å². The van der Waals surface area contributed by atoms with Gasteiger partial charge in [-0.25, -0.2) is 4.98 Å². The van der Waals surface area contributed by atoms with Crippen LogP contribution in [0.3, 0.4) is 0 Å². The van der Waals surface area contributed by atoms with Crippen LogP contribution < -0.4 is 15.0 Å². The van der Waals surface area contributed by atoms with Gasteiger partial charge in [0, 0.05) is 18.5 Å². The molecule has 0 aliphatic carbocycles. The molecule has 1 aliphatic heterocycles. The van der Waals surface area contributed by atoms with Crippen molar-refractivity contribution in [3.63, 3.8) is 0 Å². The van der Waals surface area contributed by atoms with Gasteiger partial charge in [0.2, 0.25) is 5.95 Å². The van der Waals surface area contributed by atoms with Crippen molar-refractivity contribution in [1.29, 1.82) is 0 Å². The largest absolute Gasteiger partial charge is 0.492 e. The van der Waals surface area contributed by atoms with E-state index < -0.39 is 0 Å². The fourth-order valence-electron chi connectivity index (χ4n) is 3.51. The summed E-state index contributed by atoms with van der Waals surface area (Å²) in [7, 11) is 0. The summed E-state index contributed by atoms with van der Waals surface area (Å²) in [5.41, 5.74) is 1.80. The topological polar surface area (TPSA) is 70.5 Å². The number of anilines is 2. The number of nitrogens with one attached hydrogen (secondary N) is 1. The summed E-state index contributed by atoms with van der Waals surface area (Å²) < 4.78 is 5.80. The minimum atomic E-state index is 0.0155. The molecule has 2 aromatic carbocycles. The molecule has 0 bridgehead atoms. The maximum Gasteiger partial charge on any atom is 0.227 e. The normalized spacial score (nSPS) is 14.2. The van der Waals surface area contributed by atoms with Crippen LogP contribution in [-0.2, 0) is 6.61 Å². The van der Waals surface area contributed by atoms with Gasteiger partial charge in [0.1, 0.15) is 18.2 Å². The van der Waals surface area contributed by atoms with Gasteiger partial charge in [-0.3, -0.25) is 0 Å². The predicted octanol–water partition coefficient (Wildman–Crippen LogP) is 3.60. The van der Waals surface area contributed by atoms with Crippen molar-refractivity contribution in [3.05, 3.63) is 54.1 Å². The fourth-order valence-corrected chi connectivity index (χ4v) is 3.51. The number of benzene rings is 2. The highest BCUT2D eigenvalue weighted by Crippen LogP contribution is 2.25. The van der Waals surface area contributed by atoms with Crippen molar-refractivity contribution < 1.29 is 9.84 Å². The zero-order valence-corrected chi connectivity index (χ0v) is 16.0. The second-order valence-electron chi connectivity index (χ2n) is 7.02. The van der Waals surface area contributed by atoms with Crippen LogP contribution in [0.1, 0.15) is 24.8 Å². The highest BCUT2D eigenvalue weighted by Gasteiger charge is 2.16. The number of aliphatic hydroxyl groups excluding tert-OH is 1. The summed E-state index contributed by atoms with van der Waals surface area (Å²) in [5.74, 6) is 2.41. The number of nitrogens with zero attached hydrogens (tertiary/aromatic N) is 3. The van der Waals surface area contributed by atoms with Gasteiger partial charge in [0.25, 0.3) is 0 Å². The number of fused-ring (bicyclic) bond motifs is 1. The van der Waals surface area contributed by atoms with Gasteiger partial charge in [-0.1, -0.05) is 24.3 Å². The molecular formula is C22H26N4O2. The van der Waals surface area contributed by atoms with Crippen molar-refractivity contribution in [1.82, 2.24) is 9.97 Å². The monoisotopic (exact) mass is 378 g/mol. The molecule has 0 amide bonds. The van der Waals surface area contributed by atoms with E-state index in [0.29, 0.717) is 13.2 Å². The molecule has 1 saturated heterocycles. The van der Waals surface area contributed by atoms with Gasteiger partial charge in [-0.05, 0) is 49.1 Å². The molecule has 0 radical (unpaired) electrons. The second-order valence-corrected chi connectivity index (χ2v) is 7.02. The SMILES string of the molecule is OCc1cccc(OCCNc2nc(N3CCCCC3)nc3ccccc23)c1. The lowest BCUT2D eigenvalue weighted by Crippen LogP contribution is -2.31. The Hall–Kier alpha value is -2.86. The molecule has 1 fully saturated rings. The van der Waals surface area contributed by atoms with E-state index in [0.717, 1.165) is 47.1 Å². The van der Waals surface area contributed by atoms with E-state index in [1.807, 2.05) is 48.5 Å². The third kappa shape index (κ3) is 4.34. The first-order valence-corrected chi connectivity index (χ1v) is 9.92. The van der Waals surface area contributed by atoms with E-state index in [1.54, 1.807) is 0 Å². The summed E-state index contributed by atoms with van der Waals surface area (Å²) in [4.78, 5) is 11.9. The van der Waals surface area contributed by atoms with Crippen molar-refractivity contribution >= 4 is 22.7 Å². The summed E-state index contributed by atoms with van der Waals surface area (Å²) in [6.07, 6.45) is 3.67. The Morgan fingerprint density at radius 1 is 1.00 bits per heavy atom. The zero-order chi connectivity index (χ0) is 19.2. The van der Waals surface area contributed by atoms with Crippen LogP contribution in [0.2, 0.25) is 0 Å². The molecule has 2 N–H and O–H groups in total. The van der Waals surface area contributed by atoms with E-state index in [1.165, 1.54) is 19.3 Å². The summed E-state index contributed by atoms with van der Waals surface area (Å²) in [5, 5.41) is 13.7. The molecule has 0 unspecified atom stereocenters. The molecule has 6 nitrogen and oxygen atoms in total. The van der Waals surface area contributed by atoms with Crippen LogP contribution in [0, 0.1) is 0 Å². The second kappa shape index (κ2) is 8.89. The predicted molar refractivity (Wildman–Crippen MR) is 112 cm³/mol. The molecule has 1 aromatic heterocycles. The number of ether oxygens (including phenoxy) is 1. The Balaban J connectivity index is 1.46. The molecule has 0 spiro atoms.